The maximum Gasteiger partial charge on any atom is 0.255 e. The highest BCUT2D eigenvalue weighted by atomic mass is 16.5. The van der Waals surface area contributed by atoms with E-state index in [0.717, 1.165) is 35.1 Å². The summed E-state index contributed by atoms with van der Waals surface area (Å²) in [5.41, 5.74) is 4.20. The van der Waals surface area contributed by atoms with Gasteiger partial charge >= 0.3 is 0 Å². The summed E-state index contributed by atoms with van der Waals surface area (Å²) in [6.07, 6.45) is 7.59. The molecular weight excluding hydrogens is 412 g/mol. The van der Waals surface area contributed by atoms with E-state index >= 15 is 0 Å². The van der Waals surface area contributed by atoms with Gasteiger partial charge in [0.05, 0.1) is 18.3 Å². The lowest BCUT2D eigenvalue weighted by atomic mass is 10.0. The zero-order valence-electron chi connectivity index (χ0n) is 19.3. The average Bonchev–Trinajstić information content (AvgIpc) is 3.49. The molecule has 2 N–H and O–H groups in total. The predicted molar refractivity (Wildman–Crippen MR) is 131 cm³/mol. The molecule has 1 amide bonds. The van der Waals surface area contributed by atoms with Crippen LogP contribution in [0.3, 0.4) is 0 Å². The third-order valence-corrected chi connectivity index (χ3v) is 6.66. The molecule has 172 valence electrons. The highest BCUT2D eigenvalue weighted by Gasteiger charge is 2.24. The number of fused-ring (bicyclic) bond motifs is 1. The maximum absolute atomic E-state index is 12.9. The van der Waals surface area contributed by atoms with Crippen LogP contribution in [0.15, 0.2) is 36.4 Å². The lowest BCUT2D eigenvalue weighted by molar-refractivity contribution is 0.0996. The first kappa shape index (κ1) is 21.9. The predicted octanol–water partition coefficient (Wildman–Crippen LogP) is 5.39. The van der Waals surface area contributed by atoms with Crippen molar-refractivity contribution in [2.75, 3.05) is 30.5 Å². The number of amides is 1. The van der Waals surface area contributed by atoms with Gasteiger partial charge in [0.1, 0.15) is 12.4 Å². The summed E-state index contributed by atoms with van der Waals surface area (Å²) in [4.78, 5) is 12.9. The Morgan fingerprint density at radius 2 is 1.97 bits per heavy atom. The van der Waals surface area contributed by atoms with Crippen molar-refractivity contribution in [1.82, 2.24) is 0 Å². The molecule has 0 spiro atoms. The summed E-state index contributed by atoms with van der Waals surface area (Å²) in [5, 5.41) is 6.48. The molecule has 2 fully saturated rings. The molecule has 0 aromatic heterocycles. The largest absolute Gasteiger partial charge is 0.489 e. The van der Waals surface area contributed by atoms with Crippen LogP contribution in [0.25, 0.3) is 0 Å². The van der Waals surface area contributed by atoms with Crippen molar-refractivity contribution in [3.63, 3.8) is 0 Å². The number of ether oxygens (including phenoxy) is 2. The summed E-state index contributed by atoms with van der Waals surface area (Å²) in [7, 11) is 0. The van der Waals surface area contributed by atoms with Gasteiger partial charge in [-0.25, -0.2) is 0 Å². The van der Waals surface area contributed by atoms with Gasteiger partial charge in [-0.1, -0.05) is 24.7 Å². The Kier molecular flexibility index (Phi) is 6.55. The van der Waals surface area contributed by atoms with Crippen LogP contribution in [0, 0.1) is 30.6 Å². The number of nitrogens with one attached hydrogen (secondary N) is 2. The zero-order chi connectivity index (χ0) is 22.6. The molecule has 1 unspecified atom stereocenters. The summed E-state index contributed by atoms with van der Waals surface area (Å²) < 4.78 is 11.7. The molecule has 1 aliphatic heterocycles. The van der Waals surface area contributed by atoms with Gasteiger partial charge in [0.25, 0.3) is 5.91 Å². The smallest absolute Gasteiger partial charge is 0.255 e. The molecule has 1 atom stereocenters. The maximum atomic E-state index is 12.9. The van der Waals surface area contributed by atoms with E-state index in [1.165, 1.54) is 38.5 Å². The van der Waals surface area contributed by atoms with Gasteiger partial charge in [0, 0.05) is 35.4 Å². The second-order valence-corrected chi connectivity index (χ2v) is 9.58. The SMILES string of the molecule is Cc1cc(C#CC2CCCC2)ccc1C(=O)Nc1ccc2c(c1)OCC(COCC1CC1)N2. The third-order valence-electron chi connectivity index (χ3n) is 6.66. The monoisotopic (exact) mass is 444 g/mol. The summed E-state index contributed by atoms with van der Waals surface area (Å²) in [5.74, 6) is 8.59. The Labute approximate surface area is 196 Å². The minimum Gasteiger partial charge on any atom is -0.489 e. The summed E-state index contributed by atoms with van der Waals surface area (Å²) >= 11 is 0. The van der Waals surface area contributed by atoms with E-state index in [1.54, 1.807) is 0 Å². The van der Waals surface area contributed by atoms with Gasteiger partial charge in [-0.3, -0.25) is 4.79 Å². The summed E-state index contributed by atoms with van der Waals surface area (Å²) in [6, 6.07) is 11.7. The molecule has 1 heterocycles. The molecule has 0 bridgehead atoms. The van der Waals surface area contributed by atoms with E-state index in [0.29, 0.717) is 30.4 Å². The van der Waals surface area contributed by atoms with Gasteiger partial charge in [0.15, 0.2) is 0 Å². The normalized spacial score (nSPS) is 19.6. The highest BCUT2D eigenvalue weighted by molar-refractivity contribution is 6.05. The van der Waals surface area contributed by atoms with Gasteiger partial charge in [-0.05, 0) is 74.4 Å². The number of carbonyl (C=O) groups is 1. The van der Waals surface area contributed by atoms with Crippen molar-refractivity contribution in [3.8, 4) is 17.6 Å². The molecule has 33 heavy (non-hydrogen) atoms. The van der Waals surface area contributed by atoms with Crippen molar-refractivity contribution in [1.29, 1.82) is 0 Å². The minimum atomic E-state index is -0.127. The number of aryl methyl sites for hydroxylation is 1. The lowest BCUT2D eigenvalue weighted by Gasteiger charge is -2.27. The molecular formula is C28H32N2O3. The van der Waals surface area contributed by atoms with E-state index < -0.39 is 0 Å². The molecule has 5 rings (SSSR count). The highest BCUT2D eigenvalue weighted by Crippen LogP contribution is 2.33. The van der Waals surface area contributed by atoms with Gasteiger partial charge in [0.2, 0.25) is 0 Å². The number of hydrogen-bond donors (Lipinski definition) is 2. The molecule has 5 nitrogen and oxygen atoms in total. The van der Waals surface area contributed by atoms with E-state index in [-0.39, 0.29) is 11.9 Å². The zero-order valence-corrected chi connectivity index (χ0v) is 19.3. The van der Waals surface area contributed by atoms with E-state index in [1.807, 2.05) is 43.3 Å². The van der Waals surface area contributed by atoms with Crippen LogP contribution >= 0.6 is 0 Å². The number of carbonyl (C=O) groups excluding carboxylic acids is 1. The molecule has 0 radical (unpaired) electrons. The van der Waals surface area contributed by atoms with Crippen LogP contribution < -0.4 is 15.4 Å². The standard InChI is InChI=1S/C28H32N2O3/c1-19-14-21(7-6-20-4-2-3-5-20)10-12-25(19)28(31)30-23-11-13-26-27(15-23)33-18-24(29-26)17-32-16-22-8-9-22/h10-15,20,22,24,29H,2-5,8-9,16-18H2,1H3,(H,30,31). The topological polar surface area (TPSA) is 59.6 Å². The number of benzene rings is 2. The van der Waals surface area contributed by atoms with Gasteiger partial charge in [-0.2, -0.15) is 0 Å². The summed E-state index contributed by atoms with van der Waals surface area (Å²) in [6.45, 7) is 4.01. The third kappa shape index (κ3) is 5.69. The van der Waals surface area contributed by atoms with Crippen LogP contribution in [0.5, 0.6) is 5.75 Å². The second kappa shape index (κ2) is 9.89. The van der Waals surface area contributed by atoms with Crippen molar-refractivity contribution < 1.29 is 14.3 Å². The quantitative estimate of drug-likeness (QED) is 0.587. The number of rotatable bonds is 6. The van der Waals surface area contributed by atoms with E-state index in [4.69, 9.17) is 9.47 Å². The fourth-order valence-corrected chi connectivity index (χ4v) is 4.49. The van der Waals surface area contributed by atoms with Crippen LogP contribution in [0.4, 0.5) is 11.4 Å². The van der Waals surface area contributed by atoms with Crippen molar-refractivity contribution in [2.45, 2.75) is 51.5 Å². The Hall–Kier alpha value is -2.97. The van der Waals surface area contributed by atoms with Crippen LogP contribution in [0.2, 0.25) is 0 Å². The minimum absolute atomic E-state index is 0.127. The Morgan fingerprint density at radius 3 is 2.76 bits per heavy atom. The van der Waals surface area contributed by atoms with Crippen molar-refractivity contribution in [2.24, 2.45) is 11.8 Å². The molecule has 2 aromatic rings. The second-order valence-electron chi connectivity index (χ2n) is 9.58. The first-order chi connectivity index (χ1) is 16.1. The van der Waals surface area contributed by atoms with Crippen LogP contribution in [0.1, 0.15) is 60.0 Å². The fraction of sp³-hybridized carbons (Fsp3) is 0.464. The van der Waals surface area contributed by atoms with Crippen molar-refractivity contribution in [3.05, 3.63) is 53.1 Å². The molecule has 2 aromatic carbocycles. The molecule has 5 heteroatoms. The lowest BCUT2D eigenvalue weighted by Crippen LogP contribution is -2.35. The van der Waals surface area contributed by atoms with Gasteiger partial charge < -0.3 is 20.1 Å². The fourth-order valence-electron chi connectivity index (χ4n) is 4.49. The average molecular weight is 445 g/mol. The number of hydrogen-bond acceptors (Lipinski definition) is 4. The van der Waals surface area contributed by atoms with Crippen LogP contribution in [-0.2, 0) is 4.74 Å². The first-order valence-corrected chi connectivity index (χ1v) is 12.2. The van der Waals surface area contributed by atoms with E-state index in [2.05, 4.69) is 22.5 Å². The van der Waals surface area contributed by atoms with Crippen molar-refractivity contribution >= 4 is 17.3 Å². The van der Waals surface area contributed by atoms with Crippen LogP contribution in [-0.4, -0.2) is 31.8 Å². The molecule has 2 saturated carbocycles. The molecule has 0 saturated heterocycles. The van der Waals surface area contributed by atoms with E-state index in [9.17, 15) is 4.79 Å². The van der Waals surface area contributed by atoms with Gasteiger partial charge in [-0.15, -0.1) is 0 Å². The molecule has 2 aliphatic carbocycles. The first-order valence-electron chi connectivity index (χ1n) is 12.2. The number of anilines is 2. The Balaban J connectivity index is 1.18. The Bertz CT molecular complexity index is 1070. The molecule has 3 aliphatic rings. The Morgan fingerprint density at radius 1 is 1.12 bits per heavy atom.